The van der Waals surface area contributed by atoms with Gasteiger partial charge in [0.05, 0.1) is 22.1 Å². The van der Waals surface area contributed by atoms with Gasteiger partial charge in [-0.25, -0.2) is 14.4 Å². The largest absolute Gasteiger partial charge is 0.507 e. The molecule has 0 aliphatic heterocycles. The second-order valence-corrected chi connectivity index (χ2v) is 6.10. The molecule has 4 aromatic rings. The van der Waals surface area contributed by atoms with Crippen LogP contribution in [0.25, 0.3) is 21.8 Å². The van der Waals surface area contributed by atoms with E-state index in [1.807, 2.05) is 25.1 Å². The monoisotopic (exact) mass is 349 g/mol. The van der Waals surface area contributed by atoms with Crippen molar-refractivity contribution in [1.29, 1.82) is 0 Å². The summed E-state index contributed by atoms with van der Waals surface area (Å²) in [6.07, 6.45) is 3.00. The molecule has 0 radical (unpaired) electrons. The van der Waals surface area contributed by atoms with Crippen LogP contribution in [-0.4, -0.2) is 34.2 Å². The van der Waals surface area contributed by atoms with Crippen molar-refractivity contribution < 1.29 is 9.50 Å². The van der Waals surface area contributed by atoms with Crippen molar-refractivity contribution in [2.24, 2.45) is 0 Å². The number of benzene rings is 2. The first-order valence-corrected chi connectivity index (χ1v) is 8.00. The lowest BCUT2D eigenvalue weighted by Gasteiger charge is -2.15. The maximum Gasteiger partial charge on any atom is 0.156 e. The van der Waals surface area contributed by atoms with Crippen molar-refractivity contribution in [1.82, 2.24) is 15.0 Å². The Morgan fingerprint density at radius 2 is 1.88 bits per heavy atom. The number of halogens is 1. The summed E-state index contributed by atoms with van der Waals surface area (Å²) in [7, 11) is 3.75. The molecule has 0 aliphatic rings. The first kappa shape index (κ1) is 16.0. The van der Waals surface area contributed by atoms with Crippen molar-refractivity contribution in [3.63, 3.8) is 0 Å². The van der Waals surface area contributed by atoms with Crippen LogP contribution in [0.4, 0.5) is 21.6 Å². The van der Waals surface area contributed by atoms with Crippen molar-refractivity contribution in [2.45, 2.75) is 0 Å². The molecule has 0 atom stereocenters. The van der Waals surface area contributed by atoms with Gasteiger partial charge in [-0.2, -0.15) is 0 Å². The first-order valence-electron chi connectivity index (χ1n) is 8.00. The molecule has 7 heteroatoms. The summed E-state index contributed by atoms with van der Waals surface area (Å²) in [5.41, 5.74) is 2.19. The SMILES string of the molecule is CN(C)c1cc(O)c2c(Nc3ccc4ncccc4c3F)ncnc2c1. The summed E-state index contributed by atoms with van der Waals surface area (Å²) >= 11 is 0. The van der Waals surface area contributed by atoms with Crippen LogP contribution in [0.3, 0.4) is 0 Å². The lowest BCUT2D eigenvalue weighted by molar-refractivity contribution is 0.481. The predicted molar refractivity (Wildman–Crippen MR) is 101 cm³/mol. The van der Waals surface area contributed by atoms with E-state index in [9.17, 15) is 9.50 Å². The molecular formula is C19H16FN5O. The van der Waals surface area contributed by atoms with E-state index in [2.05, 4.69) is 20.3 Å². The summed E-state index contributed by atoms with van der Waals surface area (Å²) in [4.78, 5) is 14.4. The number of hydrogen-bond donors (Lipinski definition) is 2. The number of aromatic nitrogens is 3. The number of rotatable bonds is 3. The predicted octanol–water partition coefficient (Wildman–Crippen LogP) is 3.83. The standard InChI is InChI=1S/C19H16FN5O/c1-25(2)11-8-15-17(16(26)9-11)19(23-10-22-15)24-14-6-5-13-12(18(14)20)4-3-7-21-13/h3-10,26H,1-2H3,(H,22,23,24). The van der Waals surface area contributed by atoms with Crippen LogP contribution in [0.5, 0.6) is 5.75 Å². The van der Waals surface area contributed by atoms with Gasteiger partial charge < -0.3 is 15.3 Å². The Balaban J connectivity index is 1.84. The van der Waals surface area contributed by atoms with Gasteiger partial charge in [-0.15, -0.1) is 0 Å². The van der Waals surface area contributed by atoms with Gasteiger partial charge in [0.15, 0.2) is 5.82 Å². The third kappa shape index (κ3) is 2.63. The van der Waals surface area contributed by atoms with Gasteiger partial charge in [-0.05, 0) is 30.3 Å². The Morgan fingerprint density at radius 3 is 2.69 bits per heavy atom. The van der Waals surface area contributed by atoms with E-state index in [1.165, 1.54) is 6.33 Å². The minimum Gasteiger partial charge on any atom is -0.507 e. The van der Waals surface area contributed by atoms with Gasteiger partial charge in [-0.3, -0.25) is 4.98 Å². The Labute approximate surface area is 149 Å². The number of aromatic hydroxyl groups is 1. The molecule has 2 aromatic carbocycles. The van der Waals surface area contributed by atoms with Crippen molar-refractivity contribution in [2.75, 3.05) is 24.3 Å². The van der Waals surface area contributed by atoms with Gasteiger partial charge in [0.25, 0.3) is 0 Å². The lowest BCUT2D eigenvalue weighted by Crippen LogP contribution is -2.08. The third-order valence-corrected chi connectivity index (χ3v) is 4.19. The Kier molecular flexibility index (Phi) is 3.76. The summed E-state index contributed by atoms with van der Waals surface area (Å²) < 4.78 is 14.8. The average molecular weight is 349 g/mol. The molecule has 4 rings (SSSR count). The average Bonchev–Trinajstić information content (AvgIpc) is 2.64. The van der Waals surface area contributed by atoms with Gasteiger partial charge >= 0.3 is 0 Å². The molecule has 0 amide bonds. The second kappa shape index (κ2) is 6.11. The molecule has 130 valence electrons. The lowest BCUT2D eigenvalue weighted by atomic mass is 10.1. The van der Waals surface area contributed by atoms with Crippen molar-refractivity contribution in [3.8, 4) is 5.75 Å². The van der Waals surface area contributed by atoms with E-state index >= 15 is 0 Å². The van der Waals surface area contributed by atoms with E-state index < -0.39 is 5.82 Å². The fourth-order valence-electron chi connectivity index (χ4n) is 2.85. The number of pyridine rings is 1. The van der Waals surface area contributed by atoms with Gasteiger partial charge in [-0.1, -0.05) is 0 Å². The van der Waals surface area contributed by atoms with E-state index in [-0.39, 0.29) is 11.4 Å². The molecule has 2 N–H and O–H groups in total. The molecule has 2 heterocycles. The van der Waals surface area contributed by atoms with Crippen LogP contribution in [0.15, 0.2) is 48.9 Å². The molecule has 26 heavy (non-hydrogen) atoms. The molecular weight excluding hydrogens is 333 g/mol. The molecule has 0 bridgehead atoms. The highest BCUT2D eigenvalue weighted by molar-refractivity contribution is 5.98. The molecule has 0 saturated carbocycles. The Morgan fingerprint density at radius 1 is 1.04 bits per heavy atom. The molecule has 0 saturated heterocycles. The fraction of sp³-hybridized carbons (Fsp3) is 0.105. The quantitative estimate of drug-likeness (QED) is 0.585. The van der Waals surface area contributed by atoms with Crippen LogP contribution >= 0.6 is 0 Å². The van der Waals surface area contributed by atoms with E-state index in [4.69, 9.17) is 0 Å². The number of anilines is 3. The zero-order chi connectivity index (χ0) is 18.3. The number of fused-ring (bicyclic) bond motifs is 2. The number of phenolic OH excluding ortho intramolecular Hbond substituents is 1. The number of nitrogens with zero attached hydrogens (tertiary/aromatic N) is 4. The highest BCUT2D eigenvalue weighted by atomic mass is 19.1. The smallest absolute Gasteiger partial charge is 0.156 e. The summed E-state index contributed by atoms with van der Waals surface area (Å²) in [6, 6.07) is 10.1. The van der Waals surface area contributed by atoms with Crippen molar-refractivity contribution >= 4 is 39.0 Å². The van der Waals surface area contributed by atoms with Crippen LogP contribution < -0.4 is 10.2 Å². The highest BCUT2D eigenvalue weighted by Crippen LogP contribution is 2.35. The van der Waals surface area contributed by atoms with E-state index in [0.29, 0.717) is 27.6 Å². The normalized spacial score (nSPS) is 11.0. The molecule has 0 fully saturated rings. The van der Waals surface area contributed by atoms with Crippen LogP contribution in [0.2, 0.25) is 0 Å². The maximum atomic E-state index is 14.8. The zero-order valence-corrected chi connectivity index (χ0v) is 14.2. The maximum absolute atomic E-state index is 14.8. The summed E-state index contributed by atoms with van der Waals surface area (Å²) in [5.74, 6) is -0.0659. The Bertz CT molecular complexity index is 1130. The van der Waals surface area contributed by atoms with Crippen LogP contribution in [0, 0.1) is 5.82 Å². The van der Waals surface area contributed by atoms with E-state index in [1.54, 1.807) is 36.5 Å². The van der Waals surface area contributed by atoms with Crippen LogP contribution in [-0.2, 0) is 0 Å². The minimum atomic E-state index is -0.424. The first-order chi connectivity index (χ1) is 12.5. The van der Waals surface area contributed by atoms with E-state index in [0.717, 1.165) is 5.69 Å². The van der Waals surface area contributed by atoms with Gasteiger partial charge in [0, 0.05) is 37.4 Å². The molecule has 6 nitrogen and oxygen atoms in total. The number of nitrogens with one attached hydrogen (secondary N) is 1. The van der Waals surface area contributed by atoms with Gasteiger partial charge in [0.1, 0.15) is 17.9 Å². The highest BCUT2D eigenvalue weighted by Gasteiger charge is 2.14. The topological polar surface area (TPSA) is 74.2 Å². The summed E-state index contributed by atoms with van der Waals surface area (Å²) in [5, 5.41) is 14.3. The molecule has 2 aromatic heterocycles. The minimum absolute atomic E-state index is 0.0252. The molecule has 0 unspecified atom stereocenters. The summed E-state index contributed by atoms with van der Waals surface area (Å²) in [6.45, 7) is 0. The molecule has 0 spiro atoms. The third-order valence-electron chi connectivity index (χ3n) is 4.19. The fourth-order valence-corrected chi connectivity index (χ4v) is 2.85. The number of phenols is 1. The Hall–Kier alpha value is -3.48. The number of hydrogen-bond acceptors (Lipinski definition) is 6. The van der Waals surface area contributed by atoms with Crippen molar-refractivity contribution in [3.05, 3.63) is 54.7 Å². The van der Waals surface area contributed by atoms with Gasteiger partial charge in [0.2, 0.25) is 0 Å². The second-order valence-electron chi connectivity index (χ2n) is 6.10. The molecule has 0 aliphatic carbocycles. The zero-order valence-electron chi connectivity index (χ0n) is 14.2. The van der Waals surface area contributed by atoms with Crippen LogP contribution in [0.1, 0.15) is 0 Å².